The summed E-state index contributed by atoms with van der Waals surface area (Å²) in [7, 11) is 0. The van der Waals surface area contributed by atoms with Gasteiger partial charge < -0.3 is 15.1 Å². The van der Waals surface area contributed by atoms with Crippen LogP contribution in [0.2, 0.25) is 0 Å². The first-order valence-corrected chi connectivity index (χ1v) is 14.4. The van der Waals surface area contributed by atoms with E-state index in [0.29, 0.717) is 66.5 Å². The fourth-order valence-electron chi connectivity index (χ4n) is 6.35. The number of nitrogens with zero attached hydrogens (tertiary/aromatic N) is 6. The van der Waals surface area contributed by atoms with Crippen molar-refractivity contribution in [1.82, 2.24) is 25.3 Å². The third-order valence-electron chi connectivity index (χ3n) is 8.61. The van der Waals surface area contributed by atoms with Crippen LogP contribution >= 0.6 is 0 Å². The average Bonchev–Trinajstić information content (AvgIpc) is 3.43. The van der Waals surface area contributed by atoms with Gasteiger partial charge in [-0.15, -0.1) is 0 Å². The smallest absolute Gasteiger partial charge is 0.254 e. The van der Waals surface area contributed by atoms with Crippen LogP contribution in [0.3, 0.4) is 0 Å². The van der Waals surface area contributed by atoms with Gasteiger partial charge in [-0.2, -0.15) is 15.5 Å². The summed E-state index contributed by atoms with van der Waals surface area (Å²) in [6.45, 7) is 8.82. The summed E-state index contributed by atoms with van der Waals surface area (Å²) in [6.07, 6.45) is 0.119. The van der Waals surface area contributed by atoms with Crippen LogP contribution in [0.4, 0.5) is 14.5 Å². The number of piperazine rings is 1. The highest BCUT2D eigenvalue weighted by Crippen LogP contribution is 2.39. The summed E-state index contributed by atoms with van der Waals surface area (Å²) in [5, 5.41) is 21.5. The number of halogens is 2. The number of aromatic nitrogens is 2. The molecule has 3 aliphatic heterocycles. The van der Waals surface area contributed by atoms with Gasteiger partial charge in [-0.1, -0.05) is 19.9 Å². The number of nitrogens with one attached hydrogen (secondary N) is 1. The molecule has 1 N–H and O–H groups in total. The summed E-state index contributed by atoms with van der Waals surface area (Å²) in [5.74, 6) is -1.46. The molecule has 11 heteroatoms. The quantitative estimate of drug-likeness (QED) is 0.474. The van der Waals surface area contributed by atoms with E-state index >= 15 is 0 Å². The second-order valence-electron chi connectivity index (χ2n) is 12.4. The number of benzene rings is 2. The Bertz CT molecular complexity index is 1650. The highest BCUT2D eigenvalue weighted by molar-refractivity contribution is 5.99. The zero-order valence-electron chi connectivity index (χ0n) is 24.4. The van der Waals surface area contributed by atoms with Crippen LogP contribution in [0.1, 0.15) is 59.2 Å². The minimum absolute atomic E-state index is 0.0664. The minimum atomic E-state index is -0.653. The van der Waals surface area contributed by atoms with Crippen LogP contribution in [-0.4, -0.2) is 76.6 Å². The van der Waals surface area contributed by atoms with Gasteiger partial charge in [-0.3, -0.25) is 14.5 Å². The number of hydrogen-bond acceptors (Lipinski definition) is 7. The van der Waals surface area contributed by atoms with Crippen LogP contribution < -0.4 is 10.2 Å². The first kappa shape index (κ1) is 28.8. The Hall–Kier alpha value is -4.27. The average molecular weight is 586 g/mol. The van der Waals surface area contributed by atoms with Crippen molar-refractivity contribution in [1.29, 1.82) is 5.26 Å². The van der Waals surface area contributed by atoms with E-state index in [9.17, 15) is 23.6 Å². The molecular weight excluding hydrogens is 552 g/mol. The minimum Gasteiger partial charge on any atom is -0.333 e. The molecule has 2 atom stereocenters. The zero-order valence-corrected chi connectivity index (χ0v) is 24.4. The maximum atomic E-state index is 14.3. The molecule has 0 saturated carbocycles. The Labute approximate surface area is 249 Å². The van der Waals surface area contributed by atoms with Crippen molar-refractivity contribution in [2.75, 3.05) is 37.6 Å². The first-order valence-electron chi connectivity index (χ1n) is 14.4. The molecule has 0 spiro atoms. The number of carbonyl (C=O) groups excluding carboxylic acids is 2. The van der Waals surface area contributed by atoms with Crippen LogP contribution in [-0.2, 0) is 23.2 Å². The molecule has 222 valence electrons. The van der Waals surface area contributed by atoms with Gasteiger partial charge in [0.2, 0.25) is 5.91 Å². The molecule has 2 amide bonds. The number of anilines is 1. The molecule has 1 fully saturated rings. The van der Waals surface area contributed by atoms with Crippen molar-refractivity contribution in [2.24, 2.45) is 0 Å². The SMILES string of the molecule is C[C@@H]1CN(CC(=O)N2CC(C)(C)c3nnc(Cc4ccc(F)cc4F)cc32)[C@@H](CN2Cc3cc(C#N)ccc3C2=O)CN1. The molecule has 1 saturated heterocycles. The molecule has 4 heterocycles. The lowest BCUT2D eigenvalue weighted by Gasteiger charge is -2.41. The monoisotopic (exact) mass is 585 g/mol. The highest BCUT2D eigenvalue weighted by atomic mass is 19.1. The van der Waals surface area contributed by atoms with Crippen molar-refractivity contribution in [3.8, 4) is 6.07 Å². The third-order valence-corrected chi connectivity index (χ3v) is 8.61. The molecule has 0 aliphatic carbocycles. The van der Waals surface area contributed by atoms with Gasteiger partial charge in [0.25, 0.3) is 5.91 Å². The summed E-state index contributed by atoms with van der Waals surface area (Å²) < 4.78 is 27.8. The number of carbonyl (C=O) groups is 2. The lowest BCUT2D eigenvalue weighted by molar-refractivity contribution is -0.120. The fraction of sp³-hybridized carbons (Fsp3) is 0.406. The largest absolute Gasteiger partial charge is 0.333 e. The number of amides is 2. The number of nitriles is 1. The summed E-state index contributed by atoms with van der Waals surface area (Å²) >= 11 is 0. The molecule has 2 aromatic carbocycles. The fourth-order valence-corrected chi connectivity index (χ4v) is 6.35. The Morgan fingerprint density at radius 3 is 2.74 bits per heavy atom. The van der Waals surface area contributed by atoms with Crippen LogP contribution in [0.5, 0.6) is 0 Å². The molecule has 9 nitrogen and oxygen atoms in total. The van der Waals surface area contributed by atoms with Gasteiger partial charge in [0.15, 0.2) is 0 Å². The maximum absolute atomic E-state index is 14.3. The molecule has 43 heavy (non-hydrogen) atoms. The Morgan fingerprint density at radius 1 is 1.16 bits per heavy atom. The number of fused-ring (bicyclic) bond motifs is 2. The van der Waals surface area contributed by atoms with Crippen LogP contribution in [0.25, 0.3) is 0 Å². The molecule has 3 aromatic rings. The van der Waals surface area contributed by atoms with E-state index < -0.39 is 17.0 Å². The van der Waals surface area contributed by atoms with Gasteiger partial charge in [0, 0.05) is 68.3 Å². The van der Waals surface area contributed by atoms with E-state index in [4.69, 9.17) is 0 Å². The molecule has 0 radical (unpaired) electrons. The van der Waals surface area contributed by atoms with E-state index in [0.717, 1.165) is 11.6 Å². The van der Waals surface area contributed by atoms with Crippen LogP contribution in [0, 0.1) is 23.0 Å². The van der Waals surface area contributed by atoms with Gasteiger partial charge in [-0.05, 0) is 48.4 Å². The van der Waals surface area contributed by atoms with E-state index in [1.54, 1.807) is 34.1 Å². The maximum Gasteiger partial charge on any atom is 0.254 e. The van der Waals surface area contributed by atoms with Gasteiger partial charge in [0.1, 0.15) is 11.6 Å². The molecule has 6 rings (SSSR count). The second-order valence-corrected chi connectivity index (χ2v) is 12.4. The molecule has 3 aliphatic rings. The normalized spacial score (nSPS) is 21.1. The summed E-state index contributed by atoms with van der Waals surface area (Å²) in [6, 6.07) is 12.6. The molecule has 1 aromatic heterocycles. The topological polar surface area (TPSA) is 105 Å². The van der Waals surface area contributed by atoms with Gasteiger partial charge in [-0.25, -0.2) is 8.78 Å². The zero-order chi connectivity index (χ0) is 30.5. The van der Waals surface area contributed by atoms with E-state index in [1.807, 2.05) is 13.8 Å². The highest BCUT2D eigenvalue weighted by Gasteiger charge is 2.42. The van der Waals surface area contributed by atoms with Crippen molar-refractivity contribution >= 4 is 17.5 Å². The standard InChI is InChI=1S/C32H33F2N7O2/c1-19-14-39(25(13-36-19)16-40-15-22-8-20(12-35)4-7-26(22)31(40)43)17-29(42)41-18-32(2,3)30-28(41)11-24(37-38-30)9-21-5-6-23(33)10-27(21)34/h4-8,10-11,19,25,36H,9,13-18H2,1-3H3/t19-,25-/m1/s1. The number of hydrogen-bond donors (Lipinski definition) is 1. The summed E-state index contributed by atoms with van der Waals surface area (Å²) in [4.78, 5) is 32.7. The van der Waals surface area contributed by atoms with Crippen molar-refractivity contribution in [3.63, 3.8) is 0 Å². The van der Waals surface area contributed by atoms with E-state index in [1.165, 1.54) is 12.1 Å². The van der Waals surface area contributed by atoms with E-state index in [-0.39, 0.29) is 36.9 Å². The molecular formula is C32H33F2N7O2. The first-order chi connectivity index (χ1) is 20.5. The lowest BCUT2D eigenvalue weighted by atomic mass is 9.91. The third kappa shape index (κ3) is 5.60. The second kappa shape index (κ2) is 11.1. The van der Waals surface area contributed by atoms with Crippen molar-refractivity contribution in [2.45, 2.75) is 51.2 Å². The number of rotatable bonds is 6. The van der Waals surface area contributed by atoms with Gasteiger partial charge in [0.05, 0.1) is 35.3 Å². The van der Waals surface area contributed by atoms with Crippen molar-refractivity contribution in [3.05, 3.63) is 87.7 Å². The summed E-state index contributed by atoms with van der Waals surface area (Å²) in [5.41, 5.74) is 3.70. The van der Waals surface area contributed by atoms with Crippen molar-refractivity contribution < 1.29 is 18.4 Å². The molecule has 0 unspecified atom stereocenters. The predicted molar refractivity (Wildman–Crippen MR) is 155 cm³/mol. The Kier molecular flexibility index (Phi) is 7.44. The Morgan fingerprint density at radius 2 is 1.98 bits per heavy atom. The predicted octanol–water partition coefficient (Wildman–Crippen LogP) is 3.16. The van der Waals surface area contributed by atoms with E-state index in [2.05, 4.69) is 33.4 Å². The lowest BCUT2D eigenvalue weighted by Crippen LogP contribution is -2.60. The van der Waals surface area contributed by atoms with Gasteiger partial charge >= 0.3 is 0 Å². The Balaban J connectivity index is 1.20. The molecule has 0 bridgehead atoms. The van der Waals surface area contributed by atoms with Crippen LogP contribution in [0.15, 0.2) is 42.5 Å².